The summed E-state index contributed by atoms with van der Waals surface area (Å²) in [6, 6.07) is 3.19. The second kappa shape index (κ2) is 7.64. The van der Waals surface area contributed by atoms with E-state index in [4.69, 9.17) is 4.74 Å². The molecule has 0 saturated heterocycles. The molecule has 0 fully saturated rings. The second-order valence-electron chi connectivity index (χ2n) is 5.79. The van der Waals surface area contributed by atoms with E-state index in [-0.39, 0.29) is 5.82 Å². The molecule has 1 amide bonds. The lowest BCUT2D eigenvalue weighted by atomic mass is 10.2. The van der Waals surface area contributed by atoms with Crippen molar-refractivity contribution in [2.24, 2.45) is 0 Å². The Hall–Kier alpha value is -1.30. The predicted molar refractivity (Wildman–Crippen MR) is 86.2 cm³/mol. The molecule has 0 radical (unpaired) electrons. The number of aryl methyl sites for hydroxylation is 1. The van der Waals surface area contributed by atoms with Gasteiger partial charge in [0.25, 0.3) is 0 Å². The van der Waals surface area contributed by atoms with Crippen molar-refractivity contribution in [2.75, 3.05) is 18.4 Å². The van der Waals surface area contributed by atoms with Gasteiger partial charge in [0, 0.05) is 18.8 Å². The summed E-state index contributed by atoms with van der Waals surface area (Å²) in [5.74, 6) is -0.273. The standard InChI is InChI=1S/C15H22BrFN2O2/c1-10-8-12(17)11(16)9-13(10)18-6-5-7-19-14(20)21-15(2,3)4/h8-9,18H,5-7H2,1-4H3,(H,19,20). The van der Waals surface area contributed by atoms with Crippen molar-refractivity contribution < 1.29 is 13.9 Å². The Kier molecular flexibility index (Phi) is 6.45. The number of rotatable bonds is 5. The van der Waals surface area contributed by atoms with Crippen molar-refractivity contribution in [3.05, 3.63) is 28.0 Å². The maximum atomic E-state index is 13.3. The Labute approximate surface area is 133 Å². The number of ether oxygens (including phenoxy) is 1. The molecule has 2 N–H and O–H groups in total. The zero-order valence-corrected chi connectivity index (χ0v) is 14.4. The number of amides is 1. The molecule has 0 saturated carbocycles. The van der Waals surface area contributed by atoms with Crippen LogP contribution in [0.1, 0.15) is 32.8 Å². The number of alkyl carbamates (subject to hydrolysis) is 1. The molecule has 0 bridgehead atoms. The minimum atomic E-state index is -0.486. The molecule has 1 aromatic carbocycles. The van der Waals surface area contributed by atoms with E-state index in [1.807, 2.05) is 27.7 Å². The third kappa shape index (κ3) is 6.80. The lowest BCUT2D eigenvalue weighted by Gasteiger charge is -2.19. The first kappa shape index (κ1) is 17.8. The summed E-state index contributed by atoms with van der Waals surface area (Å²) in [6.07, 6.45) is 0.330. The van der Waals surface area contributed by atoms with Gasteiger partial charge in [0.15, 0.2) is 0 Å². The third-order valence-corrected chi connectivity index (χ3v) is 3.21. The molecule has 0 aliphatic rings. The van der Waals surface area contributed by atoms with Gasteiger partial charge in [0.1, 0.15) is 11.4 Å². The third-order valence-electron chi connectivity index (χ3n) is 2.60. The van der Waals surface area contributed by atoms with Gasteiger partial charge in [0.05, 0.1) is 4.47 Å². The highest BCUT2D eigenvalue weighted by molar-refractivity contribution is 9.10. The van der Waals surface area contributed by atoms with Gasteiger partial charge >= 0.3 is 6.09 Å². The van der Waals surface area contributed by atoms with E-state index < -0.39 is 11.7 Å². The summed E-state index contributed by atoms with van der Waals surface area (Å²) in [5, 5.41) is 5.90. The van der Waals surface area contributed by atoms with Crippen molar-refractivity contribution in [2.45, 2.75) is 39.7 Å². The van der Waals surface area contributed by atoms with E-state index in [0.717, 1.165) is 17.7 Å². The number of anilines is 1. The molecule has 1 rings (SSSR count). The highest BCUT2D eigenvalue weighted by atomic mass is 79.9. The largest absolute Gasteiger partial charge is 0.444 e. The number of carbonyl (C=O) groups is 1. The Balaban J connectivity index is 2.29. The van der Waals surface area contributed by atoms with Crippen LogP contribution in [0.2, 0.25) is 0 Å². The number of benzene rings is 1. The topological polar surface area (TPSA) is 50.4 Å². The van der Waals surface area contributed by atoms with Gasteiger partial charge < -0.3 is 15.4 Å². The average Bonchev–Trinajstić information content (AvgIpc) is 2.32. The maximum absolute atomic E-state index is 13.3. The van der Waals surface area contributed by atoms with Crippen LogP contribution in [0.3, 0.4) is 0 Å². The van der Waals surface area contributed by atoms with E-state index in [0.29, 0.717) is 17.6 Å². The molecular weight excluding hydrogens is 339 g/mol. The van der Waals surface area contributed by atoms with Crippen molar-refractivity contribution in [3.63, 3.8) is 0 Å². The first-order chi connectivity index (χ1) is 9.69. The molecule has 21 heavy (non-hydrogen) atoms. The van der Waals surface area contributed by atoms with E-state index in [9.17, 15) is 9.18 Å². The van der Waals surface area contributed by atoms with Gasteiger partial charge in [-0.15, -0.1) is 0 Å². The summed E-state index contributed by atoms with van der Waals surface area (Å²) >= 11 is 3.16. The number of nitrogens with one attached hydrogen (secondary N) is 2. The van der Waals surface area contributed by atoms with Crippen molar-refractivity contribution >= 4 is 27.7 Å². The second-order valence-corrected chi connectivity index (χ2v) is 6.64. The minimum Gasteiger partial charge on any atom is -0.444 e. The summed E-state index contributed by atoms with van der Waals surface area (Å²) in [7, 11) is 0. The van der Waals surface area contributed by atoms with Gasteiger partial charge in [-0.05, 0) is 67.7 Å². The van der Waals surface area contributed by atoms with Crippen LogP contribution in [-0.2, 0) is 4.74 Å². The molecule has 0 unspecified atom stereocenters. The van der Waals surface area contributed by atoms with Gasteiger partial charge in [-0.3, -0.25) is 0 Å². The SMILES string of the molecule is Cc1cc(F)c(Br)cc1NCCCNC(=O)OC(C)(C)C. The molecule has 6 heteroatoms. The van der Waals surface area contributed by atoms with Crippen LogP contribution in [0.25, 0.3) is 0 Å². The van der Waals surface area contributed by atoms with E-state index in [1.165, 1.54) is 6.07 Å². The molecule has 4 nitrogen and oxygen atoms in total. The van der Waals surface area contributed by atoms with Crippen LogP contribution in [-0.4, -0.2) is 24.8 Å². The maximum Gasteiger partial charge on any atom is 0.407 e. The molecule has 0 heterocycles. The Bertz CT molecular complexity index is 501. The number of halogens is 2. The molecule has 0 atom stereocenters. The van der Waals surface area contributed by atoms with Crippen molar-refractivity contribution in [1.82, 2.24) is 5.32 Å². The zero-order chi connectivity index (χ0) is 16.0. The van der Waals surface area contributed by atoms with Crippen LogP contribution in [0.15, 0.2) is 16.6 Å². The van der Waals surface area contributed by atoms with E-state index in [2.05, 4.69) is 26.6 Å². The fourth-order valence-electron chi connectivity index (χ4n) is 1.65. The summed E-state index contributed by atoms with van der Waals surface area (Å²) in [4.78, 5) is 11.4. The van der Waals surface area contributed by atoms with E-state index in [1.54, 1.807) is 6.07 Å². The predicted octanol–water partition coefficient (Wildman–Crippen LogP) is 4.22. The Morgan fingerprint density at radius 2 is 2.00 bits per heavy atom. The van der Waals surface area contributed by atoms with Gasteiger partial charge in [-0.2, -0.15) is 0 Å². The van der Waals surface area contributed by atoms with Gasteiger partial charge in [-0.1, -0.05) is 0 Å². The molecule has 1 aromatic rings. The first-order valence-electron chi connectivity index (χ1n) is 6.85. The normalized spacial score (nSPS) is 11.1. The molecule has 0 aliphatic carbocycles. The fraction of sp³-hybridized carbons (Fsp3) is 0.533. The Morgan fingerprint density at radius 3 is 2.62 bits per heavy atom. The van der Waals surface area contributed by atoms with Crippen molar-refractivity contribution in [3.8, 4) is 0 Å². The number of carbonyl (C=O) groups excluding carboxylic acids is 1. The first-order valence-corrected chi connectivity index (χ1v) is 7.65. The number of hydrogen-bond donors (Lipinski definition) is 2. The van der Waals surface area contributed by atoms with Crippen LogP contribution in [0.4, 0.5) is 14.9 Å². The van der Waals surface area contributed by atoms with Crippen LogP contribution in [0.5, 0.6) is 0 Å². The molecule has 118 valence electrons. The molecule has 0 aromatic heterocycles. The summed E-state index contributed by atoms with van der Waals surface area (Å²) < 4.78 is 18.9. The molecular formula is C15H22BrFN2O2. The lowest BCUT2D eigenvalue weighted by molar-refractivity contribution is 0.0528. The highest BCUT2D eigenvalue weighted by Gasteiger charge is 2.15. The van der Waals surface area contributed by atoms with Gasteiger partial charge in [-0.25, -0.2) is 9.18 Å². The monoisotopic (exact) mass is 360 g/mol. The van der Waals surface area contributed by atoms with Gasteiger partial charge in [0.2, 0.25) is 0 Å². The summed E-state index contributed by atoms with van der Waals surface area (Å²) in [5.41, 5.74) is 1.23. The Morgan fingerprint density at radius 1 is 1.33 bits per heavy atom. The smallest absolute Gasteiger partial charge is 0.407 e. The van der Waals surface area contributed by atoms with Crippen LogP contribution >= 0.6 is 15.9 Å². The van der Waals surface area contributed by atoms with Crippen LogP contribution < -0.4 is 10.6 Å². The van der Waals surface area contributed by atoms with Crippen LogP contribution in [0, 0.1) is 12.7 Å². The quantitative estimate of drug-likeness (QED) is 0.772. The number of hydrogen-bond acceptors (Lipinski definition) is 3. The minimum absolute atomic E-state index is 0.273. The average molecular weight is 361 g/mol. The highest BCUT2D eigenvalue weighted by Crippen LogP contribution is 2.24. The molecule has 0 spiro atoms. The lowest BCUT2D eigenvalue weighted by Crippen LogP contribution is -2.33. The zero-order valence-electron chi connectivity index (χ0n) is 12.8. The fourth-order valence-corrected chi connectivity index (χ4v) is 2.00. The van der Waals surface area contributed by atoms with Crippen molar-refractivity contribution in [1.29, 1.82) is 0 Å². The molecule has 0 aliphatic heterocycles. The van der Waals surface area contributed by atoms with E-state index >= 15 is 0 Å². The summed E-state index contributed by atoms with van der Waals surface area (Å²) in [6.45, 7) is 8.50.